The maximum absolute atomic E-state index is 11.3. The smallest absolute Gasteiger partial charge is 0.335 e. The van der Waals surface area contributed by atoms with Crippen molar-refractivity contribution >= 4 is 23.4 Å². The first kappa shape index (κ1) is 12.5. The second-order valence-corrected chi connectivity index (χ2v) is 3.27. The van der Waals surface area contributed by atoms with E-state index in [9.17, 15) is 9.59 Å². The van der Waals surface area contributed by atoms with E-state index in [4.69, 9.17) is 16.0 Å². The van der Waals surface area contributed by atoms with Gasteiger partial charge in [0, 0.05) is 5.69 Å². The van der Waals surface area contributed by atoms with Gasteiger partial charge in [-0.05, 0) is 24.6 Å². The molecular weight excluding hydrogens is 226 g/mol. The molecule has 0 spiro atoms. The summed E-state index contributed by atoms with van der Waals surface area (Å²) in [7, 11) is 0. The number of hydrogen-bond acceptors (Lipinski definition) is 4. The normalized spacial score (nSPS) is 11.0. The van der Waals surface area contributed by atoms with Gasteiger partial charge in [0.25, 0.3) is 5.91 Å². The molecule has 1 aromatic rings. The Balaban J connectivity index is 3.02. The molecule has 0 unspecified atom stereocenters. The Bertz CT molecular complexity index is 496. The van der Waals surface area contributed by atoms with E-state index in [2.05, 4.69) is 10.5 Å². The van der Waals surface area contributed by atoms with E-state index in [-0.39, 0.29) is 5.56 Å². The van der Waals surface area contributed by atoms with Crippen LogP contribution in [0.3, 0.4) is 0 Å². The molecule has 0 aliphatic heterocycles. The van der Waals surface area contributed by atoms with Gasteiger partial charge in [-0.25, -0.2) is 4.79 Å². The number of carboxylic acid groups (broad SMARTS) is 1. The molecule has 0 saturated heterocycles. The number of hydrogen-bond donors (Lipinski definition) is 4. The molecule has 7 nitrogen and oxygen atoms in total. The highest BCUT2D eigenvalue weighted by Gasteiger charge is 2.11. The zero-order valence-corrected chi connectivity index (χ0v) is 8.97. The quantitative estimate of drug-likeness (QED) is 0.256. The molecule has 1 aromatic carbocycles. The van der Waals surface area contributed by atoms with Crippen molar-refractivity contribution in [1.82, 2.24) is 0 Å². The molecule has 90 valence electrons. The molecule has 0 heterocycles. The summed E-state index contributed by atoms with van der Waals surface area (Å²) in [4.78, 5) is 22.0. The lowest BCUT2D eigenvalue weighted by Crippen LogP contribution is -2.30. The number of benzene rings is 1. The fourth-order valence-corrected chi connectivity index (χ4v) is 1.12. The van der Waals surface area contributed by atoms with E-state index in [1.165, 1.54) is 12.1 Å². The van der Waals surface area contributed by atoms with Gasteiger partial charge in [0.1, 0.15) is 0 Å². The number of aromatic carboxylic acids is 1. The van der Waals surface area contributed by atoms with Crippen LogP contribution in [0.15, 0.2) is 23.4 Å². The molecule has 0 radical (unpaired) electrons. The standard InChI is InChI=1S/C10H11N3O4/c1-5-2-3-6(10(15)16)4-7(5)12-9(14)8(11)13-17/h2-4,17H,1H3,(H2,11,13)(H,12,14)(H,15,16). The maximum atomic E-state index is 11.3. The van der Waals surface area contributed by atoms with Gasteiger partial charge < -0.3 is 21.4 Å². The number of oxime groups is 1. The van der Waals surface area contributed by atoms with Gasteiger partial charge >= 0.3 is 5.97 Å². The van der Waals surface area contributed by atoms with Crippen molar-refractivity contribution in [3.63, 3.8) is 0 Å². The molecule has 1 rings (SSSR count). The number of anilines is 1. The van der Waals surface area contributed by atoms with Gasteiger partial charge in [0.05, 0.1) is 5.56 Å². The Morgan fingerprint density at radius 3 is 2.59 bits per heavy atom. The highest BCUT2D eigenvalue weighted by molar-refractivity contribution is 6.41. The van der Waals surface area contributed by atoms with Crippen molar-refractivity contribution in [3.05, 3.63) is 29.3 Å². The Morgan fingerprint density at radius 2 is 2.06 bits per heavy atom. The van der Waals surface area contributed by atoms with Gasteiger partial charge in [-0.2, -0.15) is 0 Å². The number of nitrogens with one attached hydrogen (secondary N) is 1. The SMILES string of the molecule is Cc1ccc(C(=O)O)cc1NC(=O)/C(N)=N\O. The highest BCUT2D eigenvalue weighted by Crippen LogP contribution is 2.16. The third-order valence-corrected chi connectivity index (χ3v) is 2.07. The minimum absolute atomic E-state index is 0.0328. The van der Waals surface area contributed by atoms with Crippen molar-refractivity contribution in [2.45, 2.75) is 6.92 Å². The number of carbonyl (C=O) groups is 2. The minimum atomic E-state index is -1.11. The number of carboxylic acids is 1. The number of aryl methyl sites for hydroxylation is 1. The summed E-state index contributed by atoms with van der Waals surface area (Å²) in [5, 5.41) is 22.0. The first-order valence-electron chi connectivity index (χ1n) is 4.58. The first-order valence-corrected chi connectivity index (χ1v) is 4.58. The van der Waals surface area contributed by atoms with Crippen LogP contribution in [0.2, 0.25) is 0 Å². The number of rotatable bonds is 2. The average Bonchev–Trinajstić information content (AvgIpc) is 2.30. The van der Waals surface area contributed by atoms with Gasteiger partial charge in [-0.3, -0.25) is 4.79 Å². The van der Waals surface area contributed by atoms with Crippen molar-refractivity contribution < 1.29 is 19.9 Å². The van der Waals surface area contributed by atoms with E-state index < -0.39 is 17.7 Å². The lowest BCUT2D eigenvalue weighted by atomic mass is 10.1. The zero-order chi connectivity index (χ0) is 13.0. The molecule has 0 atom stereocenters. The van der Waals surface area contributed by atoms with Crippen LogP contribution in [0.5, 0.6) is 0 Å². The molecule has 0 bridgehead atoms. The van der Waals surface area contributed by atoms with Gasteiger partial charge in [-0.1, -0.05) is 11.2 Å². The fraction of sp³-hybridized carbons (Fsp3) is 0.100. The van der Waals surface area contributed by atoms with Crippen LogP contribution in [-0.2, 0) is 4.79 Å². The monoisotopic (exact) mass is 237 g/mol. The maximum Gasteiger partial charge on any atom is 0.335 e. The molecular formula is C10H11N3O4. The minimum Gasteiger partial charge on any atom is -0.478 e. The molecule has 0 fully saturated rings. The van der Waals surface area contributed by atoms with E-state index in [1.807, 2.05) is 0 Å². The molecule has 5 N–H and O–H groups in total. The molecule has 0 aliphatic carbocycles. The number of nitrogens with zero attached hydrogens (tertiary/aromatic N) is 1. The second kappa shape index (κ2) is 4.97. The van der Waals surface area contributed by atoms with Crippen LogP contribution in [0.1, 0.15) is 15.9 Å². The Hall–Kier alpha value is -2.57. The van der Waals surface area contributed by atoms with Crippen LogP contribution in [-0.4, -0.2) is 28.0 Å². The predicted molar refractivity (Wildman–Crippen MR) is 60.2 cm³/mol. The van der Waals surface area contributed by atoms with Crippen molar-refractivity contribution in [3.8, 4) is 0 Å². The van der Waals surface area contributed by atoms with E-state index in [0.717, 1.165) is 0 Å². The summed E-state index contributed by atoms with van der Waals surface area (Å²) in [5.74, 6) is -2.52. The van der Waals surface area contributed by atoms with Gasteiger partial charge in [0.15, 0.2) is 0 Å². The highest BCUT2D eigenvalue weighted by atomic mass is 16.4. The molecule has 1 amide bonds. The molecule has 0 saturated carbocycles. The Labute approximate surface area is 96.5 Å². The predicted octanol–water partition coefficient (Wildman–Crippen LogP) is 0.378. The lowest BCUT2D eigenvalue weighted by molar-refractivity contribution is -0.110. The van der Waals surface area contributed by atoms with E-state index >= 15 is 0 Å². The summed E-state index contributed by atoms with van der Waals surface area (Å²) >= 11 is 0. The Morgan fingerprint density at radius 1 is 1.41 bits per heavy atom. The van der Waals surface area contributed by atoms with Crippen LogP contribution in [0.25, 0.3) is 0 Å². The molecule has 17 heavy (non-hydrogen) atoms. The number of carbonyl (C=O) groups excluding carboxylic acids is 1. The van der Waals surface area contributed by atoms with Crippen LogP contribution >= 0.6 is 0 Å². The fourth-order valence-electron chi connectivity index (χ4n) is 1.12. The summed E-state index contributed by atoms with van der Waals surface area (Å²) in [5.41, 5.74) is 6.07. The van der Waals surface area contributed by atoms with Crippen LogP contribution in [0, 0.1) is 6.92 Å². The van der Waals surface area contributed by atoms with Crippen molar-refractivity contribution in [2.24, 2.45) is 10.9 Å². The van der Waals surface area contributed by atoms with E-state index in [1.54, 1.807) is 13.0 Å². The van der Waals surface area contributed by atoms with Gasteiger partial charge in [0.2, 0.25) is 5.84 Å². The van der Waals surface area contributed by atoms with Gasteiger partial charge in [-0.15, -0.1) is 0 Å². The van der Waals surface area contributed by atoms with Crippen LogP contribution in [0.4, 0.5) is 5.69 Å². The topological polar surface area (TPSA) is 125 Å². The van der Waals surface area contributed by atoms with E-state index in [0.29, 0.717) is 11.3 Å². The zero-order valence-electron chi connectivity index (χ0n) is 8.97. The summed E-state index contributed by atoms with van der Waals surface area (Å²) in [6.07, 6.45) is 0. The lowest BCUT2D eigenvalue weighted by Gasteiger charge is -2.08. The Kier molecular flexibility index (Phi) is 3.66. The largest absolute Gasteiger partial charge is 0.478 e. The average molecular weight is 237 g/mol. The van der Waals surface area contributed by atoms with Crippen molar-refractivity contribution in [1.29, 1.82) is 0 Å². The van der Waals surface area contributed by atoms with Crippen molar-refractivity contribution in [2.75, 3.05) is 5.32 Å². The third kappa shape index (κ3) is 2.94. The number of amides is 1. The van der Waals surface area contributed by atoms with Crippen LogP contribution < -0.4 is 11.1 Å². The second-order valence-electron chi connectivity index (χ2n) is 3.27. The third-order valence-electron chi connectivity index (χ3n) is 2.07. The summed E-state index contributed by atoms with van der Waals surface area (Å²) in [6, 6.07) is 4.25. The molecule has 0 aliphatic rings. The summed E-state index contributed by atoms with van der Waals surface area (Å²) < 4.78 is 0. The first-order chi connectivity index (χ1) is 7.95. The molecule has 0 aromatic heterocycles. The number of amidine groups is 1. The molecule has 7 heteroatoms. The number of nitrogens with two attached hydrogens (primary N) is 1. The summed E-state index contributed by atoms with van der Waals surface area (Å²) in [6.45, 7) is 1.69.